The topological polar surface area (TPSA) is 18.5 Å². The van der Waals surface area contributed by atoms with Crippen molar-refractivity contribution in [2.45, 2.75) is 45.3 Å². The average Bonchev–Trinajstić information content (AvgIpc) is 2.54. The molecule has 25 heavy (non-hydrogen) atoms. The number of allylic oxidation sites excluding steroid dienone is 1. The maximum Gasteiger partial charge on any atom is 0.250 e. The molecule has 0 fully saturated rings. The highest BCUT2D eigenvalue weighted by Crippen LogP contribution is 2.38. The van der Waals surface area contributed by atoms with E-state index in [1.54, 1.807) is 7.11 Å². The second-order valence-electron chi connectivity index (χ2n) is 7.91. The van der Waals surface area contributed by atoms with Gasteiger partial charge in [-0.25, -0.2) is 0 Å². The van der Waals surface area contributed by atoms with Crippen LogP contribution in [0, 0.1) is 0 Å². The zero-order valence-corrected chi connectivity index (χ0v) is 17.3. The van der Waals surface area contributed by atoms with Crippen LogP contribution in [0.25, 0.3) is 11.1 Å². The lowest BCUT2D eigenvalue weighted by Crippen LogP contribution is -2.43. The van der Waals surface area contributed by atoms with Crippen LogP contribution in [0.15, 0.2) is 55.1 Å². The minimum Gasteiger partial charge on any atom is -0.544 e. The van der Waals surface area contributed by atoms with Crippen LogP contribution < -0.4 is 9.16 Å². The molecule has 0 aromatic heterocycles. The fourth-order valence-electron chi connectivity index (χ4n) is 2.42. The van der Waals surface area contributed by atoms with E-state index in [4.69, 9.17) is 9.16 Å². The van der Waals surface area contributed by atoms with Gasteiger partial charge >= 0.3 is 0 Å². The van der Waals surface area contributed by atoms with E-state index in [0.717, 1.165) is 29.0 Å². The van der Waals surface area contributed by atoms with Crippen molar-refractivity contribution in [3.05, 3.63) is 60.7 Å². The van der Waals surface area contributed by atoms with E-state index < -0.39 is 8.32 Å². The van der Waals surface area contributed by atoms with Crippen LogP contribution in [0.2, 0.25) is 18.1 Å². The van der Waals surface area contributed by atoms with Gasteiger partial charge in [-0.1, -0.05) is 45.0 Å². The summed E-state index contributed by atoms with van der Waals surface area (Å²) in [6.45, 7) is 15.1. The van der Waals surface area contributed by atoms with Crippen molar-refractivity contribution in [2.75, 3.05) is 7.11 Å². The first-order chi connectivity index (χ1) is 11.7. The molecule has 0 aliphatic rings. The highest BCUT2D eigenvalue weighted by molar-refractivity contribution is 6.74. The van der Waals surface area contributed by atoms with E-state index >= 15 is 0 Å². The highest BCUT2D eigenvalue weighted by atomic mass is 28.4. The van der Waals surface area contributed by atoms with Crippen molar-refractivity contribution in [1.29, 1.82) is 0 Å². The first-order valence-corrected chi connectivity index (χ1v) is 11.7. The Morgan fingerprint density at radius 3 is 2.20 bits per heavy atom. The molecule has 0 aliphatic heterocycles. The second kappa shape index (κ2) is 7.48. The van der Waals surface area contributed by atoms with E-state index in [1.807, 2.05) is 12.1 Å². The number of ether oxygens (including phenoxy) is 1. The molecule has 0 bridgehead atoms. The summed E-state index contributed by atoms with van der Waals surface area (Å²) in [5.41, 5.74) is 3.46. The minimum atomic E-state index is -1.82. The molecule has 0 radical (unpaired) electrons. The largest absolute Gasteiger partial charge is 0.544 e. The standard InChI is InChI=1S/C22H30O2Si/c1-8-9-17-10-15-21(23-5)20(16-17)18-11-13-19(14-12-18)24-25(6,7)22(2,3)4/h8,10-16H,1,9H2,2-7H3. The summed E-state index contributed by atoms with van der Waals surface area (Å²) in [5, 5.41) is 0.188. The predicted molar refractivity (Wildman–Crippen MR) is 110 cm³/mol. The number of hydrogen-bond donors (Lipinski definition) is 0. The lowest BCUT2D eigenvalue weighted by Gasteiger charge is -2.36. The van der Waals surface area contributed by atoms with Gasteiger partial charge in [-0.2, -0.15) is 0 Å². The second-order valence-corrected chi connectivity index (χ2v) is 12.6. The fourth-order valence-corrected chi connectivity index (χ4v) is 3.46. The fraction of sp³-hybridized carbons (Fsp3) is 0.364. The van der Waals surface area contributed by atoms with Gasteiger partial charge in [0.2, 0.25) is 8.32 Å². The Bertz CT molecular complexity index is 725. The molecule has 2 nitrogen and oxygen atoms in total. The molecule has 0 N–H and O–H groups in total. The number of benzene rings is 2. The van der Waals surface area contributed by atoms with E-state index in [0.29, 0.717) is 0 Å². The average molecular weight is 355 g/mol. The van der Waals surface area contributed by atoms with Gasteiger partial charge < -0.3 is 9.16 Å². The Balaban J connectivity index is 2.31. The molecular formula is C22H30O2Si. The Morgan fingerprint density at radius 2 is 1.68 bits per heavy atom. The molecule has 2 aromatic rings. The lowest BCUT2D eigenvalue weighted by molar-refractivity contribution is 0.416. The molecule has 0 aliphatic carbocycles. The summed E-state index contributed by atoms with van der Waals surface area (Å²) in [6.07, 6.45) is 2.77. The first-order valence-electron chi connectivity index (χ1n) is 8.75. The van der Waals surface area contributed by atoms with Crippen LogP contribution in [0.1, 0.15) is 26.3 Å². The smallest absolute Gasteiger partial charge is 0.250 e. The summed E-state index contributed by atoms with van der Waals surface area (Å²) in [6, 6.07) is 14.6. The summed E-state index contributed by atoms with van der Waals surface area (Å²) >= 11 is 0. The minimum absolute atomic E-state index is 0.188. The van der Waals surface area contributed by atoms with Crippen LogP contribution in [-0.4, -0.2) is 15.4 Å². The third kappa shape index (κ3) is 4.54. The normalized spacial score (nSPS) is 11.9. The molecule has 0 spiro atoms. The third-order valence-electron chi connectivity index (χ3n) is 4.99. The molecule has 0 unspecified atom stereocenters. The molecular weight excluding hydrogens is 324 g/mol. The van der Waals surface area contributed by atoms with Crippen molar-refractivity contribution in [1.82, 2.24) is 0 Å². The van der Waals surface area contributed by atoms with E-state index in [2.05, 4.69) is 76.8 Å². The zero-order valence-electron chi connectivity index (χ0n) is 16.3. The molecule has 134 valence electrons. The van der Waals surface area contributed by atoms with Crippen LogP contribution >= 0.6 is 0 Å². The number of hydrogen-bond acceptors (Lipinski definition) is 2. The van der Waals surface area contributed by atoms with Crippen molar-refractivity contribution < 1.29 is 9.16 Å². The van der Waals surface area contributed by atoms with E-state index in [-0.39, 0.29) is 5.04 Å². The lowest BCUT2D eigenvalue weighted by atomic mass is 10.0. The van der Waals surface area contributed by atoms with E-state index in [1.165, 1.54) is 5.56 Å². The van der Waals surface area contributed by atoms with Crippen LogP contribution in [-0.2, 0) is 6.42 Å². The van der Waals surface area contributed by atoms with Gasteiger partial charge in [0.1, 0.15) is 11.5 Å². The zero-order chi connectivity index (χ0) is 18.7. The number of methoxy groups -OCH3 is 1. The van der Waals surface area contributed by atoms with Crippen molar-refractivity contribution in [2.24, 2.45) is 0 Å². The Hall–Kier alpha value is -2.00. The maximum atomic E-state index is 6.37. The van der Waals surface area contributed by atoms with Crippen molar-refractivity contribution in [3.63, 3.8) is 0 Å². The van der Waals surface area contributed by atoms with Gasteiger partial charge in [-0.3, -0.25) is 0 Å². The molecule has 0 atom stereocenters. The third-order valence-corrected chi connectivity index (χ3v) is 9.35. The van der Waals surface area contributed by atoms with Crippen LogP contribution in [0.4, 0.5) is 0 Å². The Labute approximate surface area is 153 Å². The Morgan fingerprint density at radius 1 is 1.04 bits per heavy atom. The van der Waals surface area contributed by atoms with Crippen molar-refractivity contribution >= 4 is 8.32 Å². The monoisotopic (exact) mass is 354 g/mol. The van der Waals surface area contributed by atoms with Crippen molar-refractivity contribution in [3.8, 4) is 22.6 Å². The van der Waals surface area contributed by atoms with Gasteiger partial charge in [0.15, 0.2) is 0 Å². The summed E-state index contributed by atoms with van der Waals surface area (Å²) in [4.78, 5) is 0. The van der Waals surface area contributed by atoms with Gasteiger partial charge in [-0.15, -0.1) is 6.58 Å². The molecule has 0 saturated carbocycles. The highest BCUT2D eigenvalue weighted by Gasteiger charge is 2.38. The number of rotatable bonds is 6. The molecule has 0 heterocycles. The maximum absolute atomic E-state index is 6.37. The molecule has 3 heteroatoms. The quantitative estimate of drug-likeness (QED) is 0.437. The van der Waals surface area contributed by atoms with Gasteiger partial charge in [0, 0.05) is 5.56 Å². The summed E-state index contributed by atoms with van der Waals surface area (Å²) < 4.78 is 11.9. The van der Waals surface area contributed by atoms with Gasteiger partial charge in [-0.05, 0) is 59.9 Å². The summed E-state index contributed by atoms with van der Waals surface area (Å²) in [5.74, 6) is 1.82. The first kappa shape index (κ1) is 19.3. The molecule has 0 saturated heterocycles. The van der Waals surface area contributed by atoms with Crippen LogP contribution in [0.5, 0.6) is 11.5 Å². The predicted octanol–water partition coefficient (Wildman–Crippen LogP) is 6.47. The summed E-state index contributed by atoms with van der Waals surface area (Å²) in [7, 11) is -0.106. The van der Waals surface area contributed by atoms with Gasteiger partial charge in [0.25, 0.3) is 0 Å². The van der Waals surface area contributed by atoms with Crippen LogP contribution in [0.3, 0.4) is 0 Å². The van der Waals surface area contributed by atoms with E-state index in [9.17, 15) is 0 Å². The Kier molecular flexibility index (Phi) is 5.78. The molecule has 2 rings (SSSR count). The van der Waals surface area contributed by atoms with Gasteiger partial charge in [0.05, 0.1) is 7.11 Å². The molecule has 0 amide bonds. The SMILES string of the molecule is C=CCc1ccc(OC)c(-c2ccc(O[Si](C)(C)C(C)(C)C)cc2)c1. The molecule has 2 aromatic carbocycles.